The predicted molar refractivity (Wildman–Crippen MR) is 77.7 cm³/mol. The van der Waals surface area contributed by atoms with Crippen molar-refractivity contribution in [3.8, 4) is 0 Å². The van der Waals surface area contributed by atoms with Gasteiger partial charge in [-0.05, 0) is 54.8 Å². The van der Waals surface area contributed by atoms with Gasteiger partial charge in [-0.15, -0.1) is 11.6 Å². The molecule has 0 N–H and O–H groups in total. The molecule has 0 spiro atoms. The van der Waals surface area contributed by atoms with E-state index in [0.717, 1.165) is 15.6 Å². The van der Waals surface area contributed by atoms with Crippen LogP contribution in [-0.2, 0) is 0 Å². The zero-order chi connectivity index (χ0) is 14.2. The molecule has 0 aliphatic heterocycles. The molecule has 0 radical (unpaired) electrons. The van der Waals surface area contributed by atoms with Crippen LogP contribution in [0.3, 0.4) is 0 Å². The van der Waals surface area contributed by atoms with Crippen LogP contribution in [0.5, 0.6) is 0 Å². The van der Waals surface area contributed by atoms with Crippen molar-refractivity contribution in [1.82, 2.24) is 0 Å². The number of aryl methyl sites for hydroxylation is 2. The predicted octanol–water partition coefficient (Wildman–Crippen LogP) is 5.67. The van der Waals surface area contributed by atoms with Crippen LogP contribution in [0.2, 0.25) is 0 Å². The molecular weight excluding hydrogens is 334 g/mol. The van der Waals surface area contributed by atoms with Crippen molar-refractivity contribution in [2.24, 2.45) is 0 Å². The summed E-state index contributed by atoms with van der Waals surface area (Å²) >= 11 is 9.65. The fourth-order valence-corrected chi connectivity index (χ4v) is 2.87. The van der Waals surface area contributed by atoms with Crippen molar-refractivity contribution in [2.45, 2.75) is 19.2 Å². The first-order valence-corrected chi connectivity index (χ1v) is 6.98. The number of hydrogen-bond donors (Lipinski definition) is 0. The summed E-state index contributed by atoms with van der Waals surface area (Å²) in [7, 11) is 0. The molecule has 0 heterocycles. The van der Waals surface area contributed by atoms with Gasteiger partial charge in [-0.25, -0.2) is 8.78 Å². The summed E-state index contributed by atoms with van der Waals surface area (Å²) in [4.78, 5) is 0. The quantitative estimate of drug-likeness (QED) is 0.615. The van der Waals surface area contributed by atoms with Crippen LogP contribution in [-0.4, -0.2) is 0 Å². The molecule has 0 fully saturated rings. The Morgan fingerprint density at radius 2 is 1.68 bits per heavy atom. The highest BCUT2D eigenvalue weighted by molar-refractivity contribution is 9.10. The van der Waals surface area contributed by atoms with Crippen LogP contribution in [0.1, 0.15) is 27.6 Å². The average molecular weight is 346 g/mol. The highest BCUT2D eigenvalue weighted by Gasteiger charge is 2.18. The monoisotopic (exact) mass is 344 g/mol. The molecular formula is C15H12BrClF2. The van der Waals surface area contributed by atoms with Gasteiger partial charge in [-0.2, -0.15) is 0 Å². The molecule has 0 saturated heterocycles. The van der Waals surface area contributed by atoms with E-state index in [0.29, 0.717) is 0 Å². The summed E-state index contributed by atoms with van der Waals surface area (Å²) in [6.45, 7) is 3.44. The number of benzene rings is 2. The van der Waals surface area contributed by atoms with Crippen LogP contribution in [0, 0.1) is 25.5 Å². The van der Waals surface area contributed by atoms with Crippen LogP contribution in [0.4, 0.5) is 8.78 Å². The lowest BCUT2D eigenvalue weighted by Crippen LogP contribution is -2.00. The highest BCUT2D eigenvalue weighted by atomic mass is 79.9. The van der Waals surface area contributed by atoms with Crippen molar-refractivity contribution in [2.75, 3.05) is 0 Å². The fourth-order valence-electron chi connectivity index (χ4n) is 1.95. The molecule has 0 saturated carbocycles. The molecule has 4 heteroatoms. The Hall–Kier alpha value is -0.930. The summed E-state index contributed by atoms with van der Waals surface area (Å²) in [5, 5.41) is -0.716. The van der Waals surface area contributed by atoms with Gasteiger partial charge in [0, 0.05) is 10.0 Å². The van der Waals surface area contributed by atoms with E-state index in [-0.39, 0.29) is 11.1 Å². The van der Waals surface area contributed by atoms with Crippen molar-refractivity contribution in [3.63, 3.8) is 0 Å². The Morgan fingerprint density at radius 1 is 1.00 bits per heavy atom. The van der Waals surface area contributed by atoms with E-state index < -0.39 is 17.0 Å². The number of alkyl halides is 1. The minimum atomic E-state index is -0.716. The van der Waals surface area contributed by atoms with E-state index in [4.69, 9.17) is 11.6 Å². The van der Waals surface area contributed by atoms with Crippen molar-refractivity contribution in [1.29, 1.82) is 0 Å². The summed E-state index contributed by atoms with van der Waals surface area (Å²) < 4.78 is 28.3. The van der Waals surface area contributed by atoms with E-state index in [1.807, 2.05) is 25.1 Å². The average Bonchev–Trinajstić information content (AvgIpc) is 2.31. The second kappa shape index (κ2) is 5.59. The van der Waals surface area contributed by atoms with Crippen molar-refractivity contribution < 1.29 is 8.78 Å². The molecule has 100 valence electrons. The second-order valence-corrected chi connectivity index (χ2v) is 5.90. The van der Waals surface area contributed by atoms with Gasteiger partial charge in [0.2, 0.25) is 0 Å². The Kier molecular flexibility index (Phi) is 4.26. The standard InChI is InChI=1S/C15H12BrClF2/c1-8-3-10(6-11(16)4-8)15(17)12-7-13(18)9(2)5-14(12)19/h3-7,15H,1-2H3. The van der Waals surface area contributed by atoms with Crippen LogP contribution in [0.25, 0.3) is 0 Å². The van der Waals surface area contributed by atoms with Gasteiger partial charge < -0.3 is 0 Å². The van der Waals surface area contributed by atoms with Gasteiger partial charge >= 0.3 is 0 Å². The molecule has 0 bridgehead atoms. The first-order valence-electron chi connectivity index (χ1n) is 5.75. The summed E-state index contributed by atoms with van der Waals surface area (Å²) in [5.41, 5.74) is 2.16. The van der Waals surface area contributed by atoms with Crippen LogP contribution < -0.4 is 0 Å². The molecule has 2 aromatic carbocycles. The Bertz CT molecular complexity index is 606. The van der Waals surface area contributed by atoms with Gasteiger partial charge in [0.1, 0.15) is 11.6 Å². The SMILES string of the molecule is Cc1cc(Br)cc(C(Cl)c2cc(F)c(C)cc2F)c1. The lowest BCUT2D eigenvalue weighted by Gasteiger charge is -2.14. The molecule has 0 aliphatic carbocycles. The Balaban J connectivity index is 2.49. The molecule has 2 aromatic rings. The number of rotatable bonds is 2. The zero-order valence-electron chi connectivity index (χ0n) is 10.5. The molecule has 2 rings (SSSR count). The smallest absolute Gasteiger partial charge is 0.128 e. The number of hydrogen-bond acceptors (Lipinski definition) is 0. The van der Waals surface area contributed by atoms with E-state index >= 15 is 0 Å². The maximum atomic E-state index is 13.9. The molecule has 1 unspecified atom stereocenters. The van der Waals surface area contributed by atoms with Crippen LogP contribution in [0.15, 0.2) is 34.8 Å². The molecule has 0 aromatic heterocycles. The van der Waals surface area contributed by atoms with E-state index in [1.165, 1.54) is 19.1 Å². The van der Waals surface area contributed by atoms with Gasteiger partial charge in [0.05, 0.1) is 5.38 Å². The number of halogens is 4. The molecule has 0 nitrogen and oxygen atoms in total. The van der Waals surface area contributed by atoms with Gasteiger partial charge in [-0.3, -0.25) is 0 Å². The van der Waals surface area contributed by atoms with Gasteiger partial charge in [-0.1, -0.05) is 22.0 Å². The largest absolute Gasteiger partial charge is 0.207 e. The lowest BCUT2D eigenvalue weighted by atomic mass is 10.0. The summed E-state index contributed by atoms with van der Waals surface area (Å²) in [5.74, 6) is -0.940. The first kappa shape index (κ1) is 14.5. The molecule has 19 heavy (non-hydrogen) atoms. The lowest BCUT2D eigenvalue weighted by molar-refractivity contribution is 0.580. The fraction of sp³-hybridized carbons (Fsp3) is 0.200. The third-order valence-corrected chi connectivity index (χ3v) is 3.85. The topological polar surface area (TPSA) is 0 Å². The second-order valence-electron chi connectivity index (χ2n) is 4.55. The van der Waals surface area contributed by atoms with Crippen molar-refractivity contribution in [3.05, 3.63) is 68.7 Å². The molecule has 0 aliphatic rings. The normalized spacial score (nSPS) is 12.5. The van der Waals surface area contributed by atoms with Gasteiger partial charge in [0.25, 0.3) is 0 Å². The highest BCUT2D eigenvalue weighted by Crippen LogP contribution is 2.33. The Morgan fingerprint density at radius 3 is 2.32 bits per heavy atom. The minimum absolute atomic E-state index is 0.155. The summed E-state index contributed by atoms with van der Waals surface area (Å²) in [6, 6.07) is 7.93. The van der Waals surface area contributed by atoms with E-state index in [1.54, 1.807) is 0 Å². The first-order chi connectivity index (χ1) is 8.88. The maximum Gasteiger partial charge on any atom is 0.128 e. The van der Waals surface area contributed by atoms with E-state index in [2.05, 4.69) is 15.9 Å². The third-order valence-electron chi connectivity index (χ3n) is 2.91. The van der Waals surface area contributed by atoms with E-state index in [9.17, 15) is 8.78 Å². The Labute approximate surface area is 124 Å². The molecule has 1 atom stereocenters. The minimum Gasteiger partial charge on any atom is -0.207 e. The maximum absolute atomic E-state index is 13.9. The third kappa shape index (κ3) is 3.15. The molecule has 0 amide bonds. The van der Waals surface area contributed by atoms with Gasteiger partial charge in [0.15, 0.2) is 0 Å². The summed E-state index contributed by atoms with van der Waals surface area (Å²) in [6.07, 6.45) is 0. The van der Waals surface area contributed by atoms with Crippen molar-refractivity contribution >= 4 is 27.5 Å². The zero-order valence-corrected chi connectivity index (χ0v) is 12.8. The van der Waals surface area contributed by atoms with Crippen LogP contribution >= 0.6 is 27.5 Å².